The highest BCUT2D eigenvalue weighted by Gasteiger charge is 2.09. The minimum Gasteiger partial charge on any atom is -0.397 e. The molecule has 0 heterocycles. The number of anilines is 2. The lowest BCUT2D eigenvalue weighted by Gasteiger charge is -2.24. The number of nitrogens with zero attached hydrogens (tertiary/aromatic N) is 1. The van der Waals surface area contributed by atoms with E-state index in [0.29, 0.717) is 28.9 Å². The van der Waals surface area contributed by atoms with E-state index in [4.69, 9.17) is 17.3 Å². The van der Waals surface area contributed by atoms with Crippen LogP contribution in [0.2, 0.25) is 5.02 Å². The van der Waals surface area contributed by atoms with Crippen LogP contribution in [0.5, 0.6) is 0 Å². The van der Waals surface area contributed by atoms with E-state index in [1.807, 2.05) is 0 Å². The highest BCUT2D eigenvalue weighted by molar-refractivity contribution is 6.31. The van der Waals surface area contributed by atoms with Gasteiger partial charge in [-0.1, -0.05) is 18.5 Å². The lowest BCUT2D eigenvalue weighted by molar-refractivity contribution is -0.116. The second-order valence-corrected chi connectivity index (χ2v) is 5.54. The van der Waals surface area contributed by atoms with Crippen LogP contribution < -0.4 is 11.1 Å². The number of halogens is 1. The molecule has 20 heavy (non-hydrogen) atoms. The number of hydrogen-bond acceptors (Lipinski definition) is 3. The van der Waals surface area contributed by atoms with Gasteiger partial charge < -0.3 is 16.0 Å². The molecule has 1 aromatic rings. The van der Waals surface area contributed by atoms with Crippen LogP contribution in [0, 0.1) is 0 Å². The number of nitrogen functional groups attached to an aromatic ring is 1. The first-order valence-electron chi connectivity index (χ1n) is 7.03. The number of rotatable bonds is 7. The molecule has 0 atom stereocenters. The van der Waals surface area contributed by atoms with Gasteiger partial charge in [0.2, 0.25) is 5.91 Å². The Morgan fingerprint density at radius 3 is 2.70 bits per heavy atom. The van der Waals surface area contributed by atoms with Crippen LogP contribution in [0.25, 0.3) is 0 Å². The van der Waals surface area contributed by atoms with Gasteiger partial charge >= 0.3 is 0 Å². The van der Waals surface area contributed by atoms with Crippen LogP contribution in [0.15, 0.2) is 18.2 Å². The van der Waals surface area contributed by atoms with Crippen LogP contribution in [0.3, 0.4) is 0 Å². The molecule has 0 aliphatic carbocycles. The monoisotopic (exact) mass is 297 g/mol. The predicted molar refractivity (Wildman–Crippen MR) is 86.1 cm³/mol. The van der Waals surface area contributed by atoms with E-state index >= 15 is 0 Å². The Morgan fingerprint density at radius 2 is 2.15 bits per heavy atom. The van der Waals surface area contributed by atoms with Crippen molar-refractivity contribution in [1.29, 1.82) is 0 Å². The maximum Gasteiger partial charge on any atom is 0.224 e. The topological polar surface area (TPSA) is 58.4 Å². The third-order valence-corrected chi connectivity index (χ3v) is 3.51. The molecule has 0 saturated carbocycles. The molecule has 0 aromatic heterocycles. The van der Waals surface area contributed by atoms with Crippen molar-refractivity contribution in [2.75, 3.05) is 24.1 Å². The van der Waals surface area contributed by atoms with E-state index < -0.39 is 0 Å². The molecule has 0 spiro atoms. The molecule has 0 bridgehead atoms. The van der Waals surface area contributed by atoms with Gasteiger partial charge in [-0.2, -0.15) is 0 Å². The highest BCUT2D eigenvalue weighted by Crippen LogP contribution is 2.22. The van der Waals surface area contributed by atoms with Gasteiger partial charge in [0, 0.05) is 17.5 Å². The van der Waals surface area contributed by atoms with E-state index in [2.05, 4.69) is 31.0 Å². The zero-order chi connectivity index (χ0) is 15.1. The third kappa shape index (κ3) is 5.39. The molecular weight excluding hydrogens is 274 g/mol. The third-order valence-electron chi connectivity index (χ3n) is 3.27. The summed E-state index contributed by atoms with van der Waals surface area (Å²) in [5, 5.41) is 3.38. The summed E-state index contributed by atoms with van der Waals surface area (Å²) in [5.74, 6) is -0.0150. The minimum atomic E-state index is -0.0150. The van der Waals surface area contributed by atoms with Crippen molar-refractivity contribution in [3.8, 4) is 0 Å². The molecule has 0 fully saturated rings. The molecule has 0 aliphatic heterocycles. The van der Waals surface area contributed by atoms with Gasteiger partial charge in [-0.05, 0) is 51.6 Å². The van der Waals surface area contributed by atoms with Gasteiger partial charge in [-0.3, -0.25) is 4.79 Å². The second kappa shape index (κ2) is 8.12. The number of carbonyl (C=O) groups is 1. The molecule has 0 aliphatic rings. The zero-order valence-electron chi connectivity index (χ0n) is 12.4. The quantitative estimate of drug-likeness (QED) is 0.759. The molecule has 1 aromatic carbocycles. The molecule has 5 heteroatoms. The van der Waals surface area contributed by atoms with Crippen molar-refractivity contribution < 1.29 is 4.79 Å². The normalized spacial score (nSPS) is 11.1. The number of benzene rings is 1. The summed E-state index contributed by atoms with van der Waals surface area (Å²) in [4.78, 5) is 14.2. The van der Waals surface area contributed by atoms with Gasteiger partial charge in [0.25, 0.3) is 0 Å². The van der Waals surface area contributed by atoms with Crippen molar-refractivity contribution in [2.24, 2.45) is 0 Å². The van der Waals surface area contributed by atoms with Crippen LogP contribution in [-0.2, 0) is 4.79 Å². The van der Waals surface area contributed by atoms with Crippen molar-refractivity contribution in [3.05, 3.63) is 23.2 Å². The molecule has 0 unspecified atom stereocenters. The van der Waals surface area contributed by atoms with Gasteiger partial charge in [0.1, 0.15) is 0 Å². The first-order chi connectivity index (χ1) is 9.43. The molecule has 1 rings (SSSR count). The average molecular weight is 298 g/mol. The van der Waals surface area contributed by atoms with Crippen LogP contribution >= 0.6 is 11.6 Å². The number of carbonyl (C=O) groups excluding carboxylic acids is 1. The summed E-state index contributed by atoms with van der Waals surface area (Å²) in [6.45, 7) is 8.39. The molecule has 112 valence electrons. The Hall–Kier alpha value is -1.26. The van der Waals surface area contributed by atoms with Crippen LogP contribution in [0.4, 0.5) is 11.4 Å². The second-order valence-electron chi connectivity index (χ2n) is 5.11. The lowest BCUT2D eigenvalue weighted by atomic mass is 10.2. The van der Waals surface area contributed by atoms with Gasteiger partial charge in [-0.25, -0.2) is 0 Å². The molecule has 4 nitrogen and oxygen atoms in total. The van der Waals surface area contributed by atoms with Gasteiger partial charge in [0.05, 0.1) is 11.4 Å². The van der Waals surface area contributed by atoms with Crippen molar-refractivity contribution in [2.45, 2.75) is 39.7 Å². The number of nitrogens with one attached hydrogen (secondary N) is 1. The van der Waals surface area contributed by atoms with Crippen molar-refractivity contribution in [1.82, 2.24) is 4.90 Å². The molecule has 0 radical (unpaired) electrons. The summed E-state index contributed by atoms with van der Waals surface area (Å²) in [6.07, 6.45) is 1.33. The predicted octanol–water partition coefficient (Wildman–Crippen LogP) is 3.37. The standard InChI is InChI=1S/C15H24ClN3O/c1-4-19(11(2)3)9-5-6-15(20)18-14-8-7-12(16)10-13(14)17/h7-8,10-11H,4-6,9,17H2,1-3H3,(H,18,20). The zero-order valence-corrected chi connectivity index (χ0v) is 13.2. The number of nitrogens with two attached hydrogens (primary N) is 1. The lowest BCUT2D eigenvalue weighted by Crippen LogP contribution is -2.32. The van der Waals surface area contributed by atoms with Crippen molar-refractivity contribution in [3.63, 3.8) is 0 Å². The van der Waals surface area contributed by atoms with E-state index in [-0.39, 0.29) is 5.91 Å². The van der Waals surface area contributed by atoms with Gasteiger partial charge in [0.15, 0.2) is 0 Å². The number of amides is 1. The van der Waals surface area contributed by atoms with Crippen molar-refractivity contribution >= 4 is 28.9 Å². The Morgan fingerprint density at radius 1 is 1.45 bits per heavy atom. The van der Waals surface area contributed by atoms with E-state index in [0.717, 1.165) is 19.5 Å². The largest absolute Gasteiger partial charge is 0.397 e. The maximum absolute atomic E-state index is 11.9. The summed E-state index contributed by atoms with van der Waals surface area (Å²) < 4.78 is 0. The Labute approximate surface area is 126 Å². The summed E-state index contributed by atoms with van der Waals surface area (Å²) in [7, 11) is 0. The Bertz CT molecular complexity index is 449. The summed E-state index contributed by atoms with van der Waals surface area (Å²) >= 11 is 5.82. The summed E-state index contributed by atoms with van der Waals surface area (Å²) in [5.41, 5.74) is 6.91. The fourth-order valence-electron chi connectivity index (χ4n) is 2.08. The van der Waals surface area contributed by atoms with Crippen LogP contribution in [0.1, 0.15) is 33.6 Å². The summed E-state index contributed by atoms with van der Waals surface area (Å²) in [6, 6.07) is 5.58. The van der Waals surface area contributed by atoms with E-state index in [1.165, 1.54) is 0 Å². The van der Waals surface area contributed by atoms with E-state index in [9.17, 15) is 4.79 Å². The Balaban J connectivity index is 2.40. The smallest absolute Gasteiger partial charge is 0.224 e. The molecule has 0 saturated heterocycles. The number of hydrogen-bond donors (Lipinski definition) is 2. The van der Waals surface area contributed by atoms with E-state index in [1.54, 1.807) is 18.2 Å². The van der Waals surface area contributed by atoms with Gasteiger partial charge in [-0.15, -0.1) is 0 Å². The Kier molecular flexibility index (Phi) is 6.82. The molecule has 1 amide bonds. The SMILES string of the molecule is CCN(CCCC(=O)Nc1ccc(Cl)cc1N)C(C)C. The first-order valence-corrected chi connectivity index (χ1v) is 7.40. The molecular formula is C15H24ClN3O. The average Bonchev–Trinajstić information content (AvgIpc) is 2.37. The highest BCUT2D eigenvalue weighted by atomic mass is 35.5. The fraction of sp³-hybridized carbons (Fsp3) is 0.533. The first kappa shape index (κ1) is 16.8. The van der Waals surface area contributed by atoms with Crippen LogP contribution in [-0.4, -0.2) is 29.9 Å². The fourth-order valence-corrected chi connectivity index (χ4v) is 2.26. The molecule has 3 N–H and O–H groups in total. The maximum atomic E-state index is 11.9. The minimum absolute atomic E-state index is 0.0150.